The van der Waals surface area contributed by atoms with Crippen molar-refractivity contribution in [2.45, 2.75) is 20.3 Å². The third-order valence-electron chi connectivity index (χ3n) is 8.23. The molecule has 0 N–H and O–H groups in total. The van der Waals surface area contributed by atoms with Crippen LogP contribution in [0.15, 0.2) is 55.0 Å². The predicted molar refractivity (Wildman–Crippen MR) is 176 cm³/mol. The van der Waals surface area contributed by atoms with Crippen LogP contribution < -0.4 is 9.64 Å². The Morgan fingerprint density at radius 2 is 1.91 bits per heavy atom. The molecular formula is C34H36ClF2N7O2. The maximum atomic E-state index is 14.5. The minimum absolute atomic E-state index is 0.0393. The van der Waals surface area contributed by atoms with Gasteiger partial charge in [-0.25, -0.2) is 8.78 Å². The average Bonchev–Trinajstić information content (AvgIpc) is 3.04. The molecule has 2 aliphatic rings. The lowest BCUT2D eigenvalue weighted by molar-refractivity contribution is -0.128. The number of amides is 1. The van der Waals surface area contributed by atoms with Crippen LogP contribution in [0.3, 0.4) is 0 Å². The third-order valence-corrected chi connectivity index (χ3v) is 8.60. The summed E-state index contributed by atoms with van der Waals surface area (Å²) in [7, 11) is 2.12. The molecule has 0 spiro atoms. The fourth-order valence-electron chi connectivity index (χ4n) is 6.34. The van der Waals surface area contributed by atoms with E-state index in [1.807, 2.05) is 29.2 Å². The number of pyridine rings is 1. The van der Waals surface area contributed by atoms with Gasteiger partial charge in [0.25, 0.3) is 5.91 Å². The Morgan fingerprint density at radius 3 is 2.61 bits per heavy atom. The number of halogens is 3. The number of aromatic nitrogens is 3. The van der Waals surface area contributed by atoms with Crippen molar-refractivity contribution in [1.29, 1.82) is 5.26 Å². The van der Waals surface area contributed by atoms with E-state index < -0.39 is 17.6 Å². The molecule has 0 bridgehead atoms. The fraction of sp³-hybridized carbons (Fsp3) is 0.382. The summed E-state index contributed by atoms with van der Waals surface area (Å²) in [6.45, 7) is 10.8. The molecular weight excluding hydrogens is 612 g/mol. The van der Waals surface area contributed by atoms with Crippen LogP contribution in [0.2, 0.25) is 5.02 Å². The van der Waals surface area contributed by atoms with Gasteiger partial charge in [0.05, 0.1) is 34.3 Å². The summed E-state index contributed by atoms with van der Waals surface area (Å²) in [5.74, 6) is -0.615. The van der Waals surface area contributed by atoms with E-state index in [0.29, 0.717) is 78.0 Å². The number of benzene rings is 2. The number of piperazine rings is 1. The number of anilines is 1. The Morgan fingerprint density at radius 1 is 1.17 bits per heavy atom. The summed E-state index contributed by atoms with van der Waals surface area (Å²) < 4.78 is 34.2. The summed E-state index contributed by atoms with van der Waals surface area (Å²) in [5.41, 5.74) is 1.88. The van der Waals surface area contributed by atoms with Crippen molar-refractivity contribution in [1.82, 2.24) is 24.8 Å². The molecule has 4 heterocycles. The molecule has 2 aromatic heterocycles. The number of nitriles is 1. The van der Waals surface area contributed by atoms with E-state index in [2.05, 4.69) is 25.5 Å². The van der Waals surface area contributed by atoms with E-state index in [0.717, 1.165) is 24.9 Å². The van der Waals surface area contributed by atoms with Gasteiger partial charge in [0.1, 0.15) is 11.6 Å². The van der Waals surface area contributed by atoms with Crippen LogP contribution >= 0.6 is 11.6 Å². The molecule has 46 heavy (non-hydrogen) atoms. The molecule has 1 amide bonds. The lowest BCUT2D eigenvalue weighted by atomic mass is 9.91. The van der Waals surface area contributed by atoms with Gasteiger partial charge in [0.2, 0.25) is 0 Å². The van der Waals surface area contributed by atoms with Gasteiger partial charge in [0.15, 0.2) is 5.83 Å². The number of hydrogen-bond acceptors (Lipinski definition) is 8. The molecule has 9 nitrogen and oxygen atoms in total. The summed E-state index contributed by atoms with van der Waals surface area (Å²) >= 11 is 6.42. The van der Waals surface area contributed by atoms with Crippen molar-refractivity contribution in [2.24, 2.45) is 11.8 Å². The molecule has 0 saturated carbocycles. The number of likely N-dealkylation sites (tertiary alicyclic amines) is 1. The third kappa shape index (κ3) is 7.19. The van der Waals surface area contributed by atoms with Gasteiger partial charge in [0, 0.05) is 69.3 Å². The van der Waals surface area contributed by atoms with Crippen molar-refractivity contribution in [3.63, 3.8) is 0 Å². The van der Waals surface area contributed by atoms with Crippen molar-refractivity contribution in [3.8, 4) is 23.3 Å². The smallest absolute Gasteiger partial charge is 0.318 e. The van der Waals surface area contributed by atoms with Gasteiger partial charge in [-0.1, -0.05) is 49.4 Å². The first-order valence-electron chi connectivity index (χ1n) is 15.1. The molecule has 12 heteroatoms. The van der Waals surface area contributed by atoms with Crippen LogP contribution in [-0.4, -0.2) is 83.6 Å². The molecule has 0 radical (unpaired) electrons. The highest BCUT2D eigenvalue weighted by molar-refractivity contribution is 6.36. The molecule has 2 aromatic carbocycles. The Kier molecular flexibility index (Phi) is 10.3. The van der Waals surface area contributed by atoms with Crippen LogP contribution in [0.5, 0.6) is 6.01 Å². The maximum absolute atomic E-state index is 14.5. The van der Waals surface area contributed by atoms with Crippen molar-refractivity contribution < 1.29 is 18.3 Å². The van der Waals surface area contributed by atoms with Gasteiger partial charge < -0.3 is 19.4 Å². The number of carbonyl (C=O) groups excluding carboxylic acids is 1. The van der Waals surface area contributed by atoms with Crippen LogP contribution in [0, 0.1) is 29.0 Å². The number of fused-ring (bicyclic) bond motifs is 2. The fourth-order valence-corrected chi connectivity index (χ4v) is 6.61. The molecule has 240 valence electrons. The van der Waals surface area contributed by atoms with E-state index in [1.54, 1.807) is 18.3 Å². The lowest BCUT2D eigenvalue weighted by Gasteiger charge is -2.35. The summed E-state index contributed by atoms with van der Waals surface area (Å²) in [6, 6.07) is 12.5. The largest absolute Gasteiger partial charge is 0.463 e. The predicted octanol–water partition coefficient (Wildman–Crippen LogP) is 6.27. The molecule has 2 aliphatic heterocycles. The van der Waals surface area contributed by atoms with E-state index in [1.165, 1.54) is 17.9 Å². The van der Waals surface area contributed by atoms with Crippen molar-refractivity contribution in [3.05, 3.63) is 65.8 Å². The summed E-state index contributed by atoms with van der Waals surface area (Å²) in [4.78, 5) is 32.2. The molecule has 2 atom stereocenters. The van der Waals surface area contributed by atoms with Crippen LogP contribution in [0.25, 0.3) is 32.9 Å². The van der Waals surface area contributed by atoms with E-state index in [4.69, 9.17) is 36.6 Å². The summed E-state index contributed by atoms with van der Waals surface area (Å²) in [5, 5.41) is 9.44. The second-order valence-corrected chi connectivity index (χ2v) is 12.2. The second kappa shape index (κ2) is 14.4. The SMILES string of the molecule is C=C(F)C(=O)N1CCN(c2nc(OCC3CC(C)CN(C)C3)nc3cc(-c4cccc5ccc(F)c(Cl)c45)ncc23)CC1.CC#N. The minimum atomic E-state index is -0.968. The quantitative estimate of drug-likeness (QED) is 0.226. The van der Waals surface area contributed by atoms with Gasteiger partial charge >= 0.3 is 6.01 Å². The van der Waals surface area contributed by atoms with Gasteiger partial charge in [-0.3, -0.25) is 9.78 Å². The zero-order chi connectivity index (χ0) is 33.0. The Labute approximate surface area is 272 Å². The van der Waals surface area contributed by atoms with Gasteiger partial charge in [-0.05, 0) is 36.9 Å². The summed E-state index contributed by atoms with van der Waals surface area (Å²) in [6.07, 6.45) is 2.77. The van der Waals surface area contributed by atoms with Crippen LogP contribution in [0.1, 0.15) is 20.3 Å². The van der Waals surface area contributed by atoms with Gasteiger partial charge in [-0.2, -0.15) is 15.2 Å². The normalized spacial score (nSPS) is 18.5. The van der Waals surface area contributed by atoms with Crippen molar-refractivity contribution in [2.75, 3.05) is 57.8 Å². The Hall–Kier alpha value is -4.40. The first kappa shape index (κ1) is 33.0. The first-order chi connectivity index (χ1) is 22.1. The number of nitrogens with zero attached hydrogens (tertiary/aromatic N) is 7. The second-order valence-electron chi connectivity index (χ2n) is 11.8. The monoisotopic (exact) mass is 647 g/mol. The number of ether oxygens (including phenoxy) is 1. The zero-order valence-corrected chi connectivity index (χ0v) is 26.9. The number of piperidine rings is 1. The molecule has 2 saturated heterocycles. The topological polar surface area (TPSA) is 98.5 Å². The zero-order valence-electron chi connectivity index (χ0n) is 26.1. The van der Waals surface area contributed by atoms with E-state index in [9.17, 15) is 13.6 Å². The van der Waals surface area contributed by atoms with Gasteiger partial charge in [-0.15, -0.1) is 0 Å². The standard InChI is InChI=1S/C32H33ClF2N6O2.C2H3N/c1-19-13-21(17-39(3)16-19)18-43-32-37-27-14-26(23-6-4-5-22-7-8-25(35)29(33)28(22)23)36-15-24(27)30(38-32)40-9-11-41(12-10-40)31(42)20(2)34;1-2-3/h4-8,14-15,19,21H,2,9-13,16-18H2,1,3H3;1H3. The van der Waals surface area contributed by atoms with E-state index >= 15 is 0 Å². The number of carbonyl (C=O) groups is 1. The van der Waals surface area contributed by atoms with Crippen LogP contribution in [0.4, 0.5) is 14.6 Å². The first-order valence-corrected chi connectivity index (χ1v) is 15.5. The highest BCUT2D eigenvalue weighted by Crippen LogP contribution is 2.36. The number of rotatable bonds is 6. The van der Waals surface area contributed by atoms with Crippen LogP contribution in [-0.2, 0) is 4.79 Å². The Balaban J connectivity index is 0.00000134. The lowest BCUT2D eigenvalue weighted by Crippen LogP contribution is -2.49. The molecule has 2 unspecified atom stereocenters. The number of hydrogen-bond donors (Lipinski definition) is 0. The highest BCUT2D eigenvalue weighted by atomic mass is 35.5. The maximum Gasteiger partial charge on any atom is 0.318 e. The Bertz CT molecular complexity index is 1800. The molecule has 0 aliphatic carbocycles. The minimum Gasteiger partial charge on any atom is -0.463 e. The average molecular weight is 648 g/mol. The highest BCUT2D eigenvalue weighted by Gasteiger charge is 2.27. The molecule has 2 fully saturated rings. The molecule has 4 aromatic rings. The molecule has 6 rings (SSSR count). The van der Waals surface area contributed by atoms with Crippen molar-refractivity contribution >= 4 is 45.0 Å². The van der Waals surface area contributed by atoms with E-state index in [-0.39, 0.29) is 11.0 Å².